The molecule has 3 aromatic rings. The third kappa shape index (κ3) is 9.48. The lowest BCUT2D eigenvalue weighted by Crippen LogP contribution is -2.59. The number of aromatic hydroxyl groups is 1. The summed E-state index contributed by atoms with van der Waals surface area (Å²) in [7, 11) is 1.57. The second kappa shape index (κ2) is 14.5. The minimum absolute atomic E-state index is 0.0838. The van der Waals surface area contributed by atoms with E-state index in [0.29, 0.717) is 29.0 Å². The number of phenols is 1. The van der Waals surface area contributed by atoms with Crippen molar-refractivity contribution in [1.82, 2.24) is 10.2 Å². The quantitative estimate of drug-likeness (QED) is 0.217. The molecule has 0 radical (unpaired) electrons. The van der Waals surface area contributed by atoms with Crippen molar-refractivity contribution in [2.24, 2.45) is 0 Å². The highest BCUT2D eigenvalue weighted by Crippen LogP contribution is 2.34. The van der Waals surface area contributed by atoms with Crippen LogP contribution in [0.5, 0.6) is 11.5 Å². The lowest BCUT2D eigenvalue weighted by atomic mass is 9.90. The molecule has 3 rings (SSSR count). The van der Waals surface area contributed by atoms with Crippen molar-refractivity contribution in [1.29, 1.82) is 0 Å². The van der Waals surface area contributed by atoms with E-state index in [1.165, 1.54) is 12.1 Å². The molecule has 0 spiro atoms. The molecule has 3 N–H and O–H groups in total. The van der Waals surface area contributed by atoms with Gasteiger partial charge in [0.05, 0.1) is 7.11 Å². The molecule has 0 aromatic heterocycles. The van der Waals surface area contributed by atoms with E-state index in [1.807, 2.05) is 52.8 Å². The summed E-state index contributed by atoms with van der Waals surface area (Å²) in [5.74, 6) is -0.124. The van der Waals surface area contributed by atoms with E-state index in [0.717, 1.165) is 11.1 Å². The van der Waals surface area contributed by atoms with Crippen molar-refractivity contribution in [3.8, 4) is 11.5 Å². The van der Waals surface area contributed by atoms with Crippen LogP contribution in [0.25, 0.3) is 0 Å². The number of methoxy groups -OCH3 is 1. The standard InChI is InChI=1S/C36H47N3O6/c1-10-36(7,8)39(33(42)30(38-34(43)45-35(4,5)6)22-25-12-17-28(40)18-13-25)31(26-14-11-23(2)24(3)21-26)32(41)37-27-15-19-29(44-9)20-16-27/h11-21,30-31,40H,10,22H2,1-9H3,(H,37,41)(H,38,43). The van der Waals surface area contributed by atoms with E-state index in [-0.39, 0.29) is 12.2 Å². The van der Waals surface area contributed by atoms with E-state index >= 15 is 0 Å². The SMILES string of the molecule is CCC(C)(C)N(C(=O)C(Cc1ccc(O)cc1)NC(=O)OC(C)(C)C)C(C(=O)Nc1ccc(OC)cc1)c1ccc(C)c(C)c1. The Morgan fingerprint density at radius 2 is 1.51 bits per heavy atom. The predicted octanol–water partition coefficient (Wildman–Crippen LogP) is 6.85. The average molecular weight is 618 g/mol. The number of hydrogen-bond acceptors (Lipinski definition) is 6. The molecule has 0 saturated carbocycles. The first kappa shape index (κ1) is 35.0. The maximum Gasteiger partial charge on any atom is 0.408 e. The van der Waals surface area contributed by atoms with E-state index in [4.69, 9.17) is 9.47 Å². The van der Waals surface area contributed by atoms with Crippen LogP contribution in [0.2, 0.25) is 0 Å². The molecule has 3 amide bonds. The molecule has 9 heteroatoms. The molecule has 0 heterocycles. The number of phenolic OH excluding ortho intramolecular Hbond substituents is 1. The number of benzene rings is 3. The summed E-state index contributed by atoms with van der Waals surface area (Å²) in [4.78, 5) is 43.8. The summed E-state index contributed by atoms with van der Waals surface area (Å²) >= 11 is 0. The summed E-state index contributed by atoms with van der Waals surface area (Å²) < 4.78 is 10.8. The highest BCUT2D eigenvalue weighted by atomic mass is 16.6. The highest BCUT2D eigenvalue weighted by molar-refractivity contribution is 5.99. The molecule has 0 aliphatic rings. The van der Waals surface area contributed by atoms with Crippen LogP contribution in [0.4, 0.5) is 10.5 Å². The summed E-state index contributed by atoms with van der Waals surface area (Å²) in [6.45, 7) is 15.0. The number of nitrogens with zero attached hydrogens (tertiary/aromatic N) is 1. The largest absolute Gasteiger partial charge is 0.508 e. The van der Waals surface area contributed by atoms with Crippen molar-refractivity contribution < 1.29 is 29.0 Å². The highest BCUT2D eigenvalue weighted by Gasteiger charge is 2.43. The number of nitrogens with one attached hydrogen (secondary N) is 2. The third-order valence-electron chi connectivity index (χ3n) is 7.83. The zero-order chi connectivity index (χ0) is 33.5. The van der Waals surface area contributed by atoms with Crippen LogP contribution in [0, 0.1) is 13.8 Å². The summed E-state index contributed by atoms with van der Waals surface area (Å²) in [5.41, 5.74) is 2.31. The van der Waals surface area contributed by atoms with E-state index in [1.54, 1.807) is 69.2 Å². The number of aryl methyl sites for hydroxylation is 2. The number of rotatable bonds is 11. The van der Waals surface area contributed by atoms with Crippen LogP contribution < -0.4 is 15.4 Å². The first-order valence-electron chi connectivity index (χ1n) is 15.2. The lowest BCUT2D eigenvalue weighted by molar-refractivity contribution is -0.147. The van der Waals surface area contributed by atoms with Crippen molar-refractivity contribution in [2.45, 2.75) is 91.5 Å². The van der Waals surface area contributed by atoms with Crippen LogP contribution in [0.3, 0.4) is 0 Å². The zero-order valence-corrected chi connectivity index (χ0v) is 27.9. The number of ether oxygens (including phenoxy) is 2. The Morgan fingerprint density at radius 1 is 0.889 bits per heavy atom. The second-order valence-electron chi connectivity index (χ2n) is 12.9. The van der Waals surface area contributed by atoms with Gasteiger partial charge in [0.2, 0.25) is 5.91 Å². The minimum Gasteiger partial charge on any atom is -0.508 e. The van der Waals surface area contributed by atoms with Gasteiger partial charge >= 0.3 is 6.09 Å². The van der Waals surface area contributed by atoms with Crippen LogP contribution in [0.15, 0.2) is 66.7 Å². The van der Waals surface area contributed by atoms with Gasteiger partial charge in [-0.3, -0.25) is 9.59 Å². The number of alkyl carbamates (subject to hydrolysis) is 1. The normalized spacial score (nSPS) is 12.9. The Kier molecular flexibility index (Phi) is 11.3. The summed E-state index contributed by atoms with van der Waals surface area (Å²) in [6, 6.07) is 17.0. The second-order valence-corrected chi connectivity index (χ2v) is 12.9. The Bertz CT molecular complexity index is 1480. The molecule has 0 saturated heterocycles. The van der Waals surface area contributed by atoms with Crippen LogP contribution in [-0.4, -0.2) is 52.2 Å². The lowest BCUT2D eigenvalue weighted by Gasteiger charge is -2.44. The molecule has 242 valence electrons. The van der Waals surface area contributed by atoms with Gasteiger partial charge in [0.25, 0.3) is 5.91 Å². The van der Waals surface area contributed by atoms with Crippen LogP contribution in [0.1, 0.15) is 76.3 Å². The predicted molar refractivity (Wildman–Crippen MR) is 176 cm³/mol. The molecule has 0 fully saturated rings. The molecule has 0 aliphatic heterocycles. The van der Waals surface area contributed by atoms with Crippen molar-refractivity contribution in [3.05, 3.63) is 89.0 Å². The maximum absolute atomic E-state index is 14.8. The van der Waals surface area contributed by atoms with Gasteiger partial charge in [-0.2, -0.15) is 0 Å². The fraction of sp³-hybridized carbons (Fsp3) is 0.417. The fourth-order valence-electron chi connectivity index (χ4n) is 4.87. The Hall–Kier alpha value is -4.53. The Labute approximate surface area is 266 Å². The van der Waals surface area contributed by atoms with Gasteiger partial charge < -0.3 is 30.1 Å². The van der Waals surface area contributed by atoms with Crippen LogP contribution in [-0.2, 0) is 20.7 Å². The van der Waals surface area contributed by atoms with Gasteiger partial charge in [0, 0.05) is 17.6 Å². The Balaban J connectivity index is 2.15. The number of carbonyl (C=O) groups is 3. The van der Waals surface area contributed by atoms with Gasteiger partial charge in [0.1, 0.15) is 29.2 Å². The minimum atomic E-state index is -1.09. The molecular formula is C36H47N3O6. The molecule has 2 unspecified atom stereocenters. The van der Waals surface area contributed by atoms with Gasteiger partial charge in [-0.05, 0) is 114 Å². The number of carbonyl (C=O) groups excluding carboxylic acids is 3. The summed E-state index contributed by atoms with van der Waals surface area (Å²) in [5, 5.41) is 15.6. The smallest absolute Gasteiger partial charge is 0.408 e. The first-order chi connectivity index (χ1) is 21.0. The molecule has 3 aromatic carbocycles. The molecular weight excluding hydrogens is 570 g/mol. The van der Waals surface area contributed by atoms with Crippen molar-refractivity contribution in [2.75, 3.05) is 12.4 Å². The molecule has 2 atom stereocenters. The molecule has 0 aliphatic carbocycles. The van der Waals surface area contributed by atoms with Gasteiger partial charge in [-0.1, -0.05) is 37.3 Å². The number of anilines is 1. The summed E-state index contributed by atoms with van der Waals surface area (Å²) in [6.07, 6.45) is -0.123. The number of hydrogen-bond donors (Lipinski definition) is 3. The molecule has 9 nitrogen and oxygen atoms in total. The van der Waals surface area contributed by atoms with Gasteiger partial charge in [-0.15, -0.1) is 0 Å². The van der Waals surface area contributed by atoms with Crippen LogP contribution >= 0.6 is 0 Å². The van der Waals surface area contributed by atoms with E-state index < -0.39 is 41.1 Å². The first-order valence-corrected chi connectivity index (χ1v) is 15.2. The zero-order valence-electron chi connectivity index (χ0n) is 27.9. The topological polar surface area (TPSA) is 117 Å². The third-order valence-corrected chi connectivity index (χ3v) is 7.83. The average Bonchev–Trinajstić information content (AvgIpc) is 2.97. The fourth-order valence-corrected chi connectivity index (χ4v) is 4.87. The molecule has 45 heavy (non-hydrogen) atoms. The monoisotopic (exact) mass is 617 g/mol. The van der Waals surface area contributed by atoms with Crippen molar-refractivity contribution in [3.63, 3.8) is 0 Å². The van der Waals surface area contributed by atoms with Crippen molar-refractivity contribution >= 4 is 23.6 Å². The van der Waals surface area contributed by atoms with E-state index in [2.05, 4.69) is 10.6 Å². The molecule has 0 bridgehead atoms. The van der Waals surface area contributed by atoms with Gasteiger partial charge in [0.15, 0.2) is 0 Å². The maximum atomic E-state index is 14.8. The number of amides is 3. The van der Waals surface area contributed by atoms with E-state index in [9.17, 15) is 19.5 Å². The Morgan fingerprint density at radius 3 is 2.04 bits per heavy atom. The van der Waals surface area contributed by atoms with Gasteiger partial charge in [-0.25, -0.2) is 4.79 Å².